The molecular weight excluding hydrogens is 393 g/mol. The first-order valence-corrected chi connectivity index (χ1v) is 8.55. The second kappa shape index (κ2) is 8.66. The molecule has 1 amide bonds. The van der Waals surface area contributed by atoms with Crippen molar-refractivity contribution >= 4 is 35.1 Å². The van der Waals surface area contributed by atoms with Crippen LogP contribution in [-0.4, -0.2) is 28.6 Å². The molecule has 0 bridgehead atoms. The second-order valence-electron chi connectivity index (χ2n) is 5.37. The minimum absolute atomic E-state index is 0.136. The molecule has 27 heavy (non-hydrogen) atoms. The summed E-state index contributed by atoms with van der Waals surface area (Å²) in [6.07, 6.45) is 0. The number of halogens is 2. The van der Waals surface area contributed by atoms with E-state index >= 15 is 0 Å². The van der Waals surface area contributed by atoms with Gasteiger partial charge in [-0.05, 0) is 48.5 Å². The second-order valence-corrected chi connectivity index (χ2v) is 6.24. The van der Waals surface area contributed by atoms with E-state index in [4.69, 9.17) is 32.5 Å². The van der Waals surface area contributed by atoms with Crippen LogP contribution in [0.3, 0.4) is 0 Å². The fourth-order valence-corrected chi connectivity index (χ4v) is 2.33. The Labute approximate surface area is 164 Å². The number of carbonyl (C=O) groups is 2. The predicted molar refractivity (Wildman–Crippen MR) is 98.3 cm³/mol. The molecule has 1 N–H and O–H groups in total. The summed E-state index contributed by atoms with van der Waals surface area (Å²) in [6.45, 7) is -0.490. The van der Waals surface area contributed by atoms with Crippen LogP contribution in [0.2, 0.25) is 10.0 Å². The van der Waals surface area contributed by atoms with Crippen molar-refractivity contribution in [2.24, 2.45) is 0 Å². The van der Waals surface area contributed by atoms with E-state index in [9.17, 15) is 9.59 Å². The van der Waals surface area contributed by atoms with Gasteiger partial charge in [0, 0.05) is 21.2 Å². The van der Waals surface area contributed by atoms with Gasteiger partial charge in [0.15, 0.2) is 6.61 Å². The van der Waals surface area contributed by atoms with Crippen LogP contribution in [0.25, 0.3) is 11.4 Å². The lowest BCUT2D eigenvalue weighted by atomic mass is 10.2. The van der Waals surface area contributed by atoms with Gasteiger partial charge in [0.2, 0.25) is 5.82 Å². The maximum absolute atomic E-state index is 11.9. The Morgan fingerprint density at radius 2 is 1.63 bits per heavy atom. The number of esters is 1. The molecule has 3 rings (SSSR count). The van der Waals surface area contributed by atoms with Crippen LogP contribution in [0.1, 0.15) is 16.2 Å². The van der Waals surface area contributed by atoms with Crippen molar-refractivity contribution in [1.82, 2.24) is 15.5 Å². The molecule has 0 spiro atoms. The van der Waals surface area contributed by atoms with Crippen molar-refractivity contribution in [2.45, 2.75) is 6.61 Å². The number of hydrogen-bond acceptors (Lipinski definition) is 6. The Kier molecular flexibility index (Phi) is 6.05. The first-order valence-electron chi connectivity index (χ1n) is 7.79. The van der Waals surface area contributed by atoms with Crippen molar-refractivity contribution in [3.63, 3.8) is 0 Å². The topological polar surface area (TPSA) is 94.3 Å². The highest BCUT2D eigenvalue weighted by Crippen LogP contribution is 2.18. The van der Waals surface area contributed by atoms with E-state index in [1.54, 1.807) is 48.5 Å². The van der Waals surface area contributed by atoms with Gasteiger partial charge in [-0.2, -0.15) is 4.98 Å². The van der Waals surface area contributed by atoms with Crippen molar-refractivity contribution < 1.29 is 18.8 Å². The molecule has 0 saturated heterocycles. The summed E-state index contributed by atoms with van der Waals surface area (Å²) in [5.74, 6) is -0.555. The summed E-state index contributed by atoms with van der Waals surface area (Å²) in [5, 5.41) is 7.38. The monoisotopic (exact) mass is 405 g/mol. The van der Waals surface area contributed by atoms with E-state index in [0.29, 0.717) is 21.4 Å². The summed E-state index contributed by atoms with van der Waals surface area (Å²) >= 11 is 11.6. The van der Waals surface area contributed by atoms with Gasteiger partial charge in [0.25, 0.3) is 11.8 Å². The highest BCUT2D eigenvalue weighted by Gasteiger charge is 2.12. The zero-order valence-electron chi connectivity index (χ0n) is 13.8. The fourth-order valence-electron chi connectivity index (χ4n) is 2.08. The van der Waals surface area contributed by atoms with E-state index in [0.717, 1.165) is 5.56 Å². The zero-order valence-corrected chi connectivity index (χ0v) is 15.3. The van der Waals surface area contributed by atoms with Crippen molar-refractivity contribution in [2.75, 3.05) is 6.54 Å². The van der Waals surface area contributed by atoms with Crippen LogP contribution in [-0.2, 0) is 16.1 Å². The largest absolute Gasteiger partial charge is 0.454 e. The third-order valence-corrected chi connectivity index (χ3v) is 3.93. The van der Waals surface area contributed by atoms with Crippen LogP contribution in [0, 0.1) is 0 Å². The molecule has 0 aliphatic rings. The highest BCUT2D eigenvalue weighted by molar-refractivity contribution is 6.30. The van der Waals surface area contributed by atoms with Gasteiger partial charge < -0.3 is 14.6 Å². The molecule has 0 aliphatic carbocycles. The number of nitrogens with one attached hydrogen (secondary N) is 1. The number of benzene rings is 2. The Bertz CT molecular complexity index is 940. The average molecular weight is 406 g/mol. The van der Waals surface area contributed by atoms with Gasteiger partial charge in [-0.25, -0.2) is 0 Å². The number of carbonyl (C=O) groups excluding carboxylic acids is 2. The third-order valence-electron chi connectivity index (χ3n) is 3.43. The number of hydrogen-bond donors (Lipinski definition) is 1. The SMILES string of the molecule is O=C(CNC(=O)c1ccc(Cl)cc1)OCc1nc(-c2ccc(Cl)cc2)no1. The van der Waals surface area contributed by atoms with Crippen LogP contribution in [0.4, 0.5) is 0 Å². The maximum Gasteiger partial charge on any atom is 0.325 e. The molecule has 3 aromatic rings. The molecule has 0 radical (unpaired) electrons. The first kappa shape index (κ1) is 18.9. The molecule has 9 heteroatoms. The van der Waals surface area contributed by atoms with Crippen LogP contribution < -0.4 is 5.32 Å². The normalized spacial score (nSPS) is 10.4. The van der Waals surface area contributed by atoms with Crippen molar-refractivity contribution in [3.05, 3.63) is 70.0 Å². The van der Waals surface area contributed by atoms with E-state index in [-0.39, 0.29) is 19.0 Å². The predicted octanol–water partition coefficient (Wildman–Crippen LogP) is 3.52. The Hall–Kier alpha value is -2.90. The molecule has 0 fully saturated rings. The molecular formula is C18H13Cl2N3O4. The summed E-state index contributed by atoms with van der Waals surface area (Å²) < 4.78 is 10.0. The van der Waals surface area contributed by atoms with Gasteiger partial charge in [0.1, 0.15) is 6.54 Å². The van der Waals surface area contributed by atoms with E-state index in [1.165, 1.54) is 0 Å². The Balaban J connectivity index is 1.47. The first-order chi connectivity index (χ1) is 13.0. The Morgan fingerprint density at radius 3 is 2.30 bits per heavy atom. The van der Waals surface area contributed by atoms with E-state index in [1.807, 2.05) is 0 Å². The van der Waals surface area contributed by atoms with Gasteiger partial charge in [-0.1, -0.05) is 28.4 Å². The fraction of sp³-hybridized carbons (Fsp3) is 0.111. The average Bonchev–Trinajstić information content (AvgIpc) is 3.14. The quantitative estimate of drug-likeness (QED) is 0.630. The number of aromatic nitrogens is 2. The number of rotatable bonds is 6. The maximum atomic E-state index is 11.9. The van der Waals surface area contributed by atoms with Crippen LogP contribution >= 0.6 is 23.2 Å². The lowest BCUT2D eigenvalue weighted by Gasteiger charge is -2.05. The molecule has 0 unspecified atom stereocenters. The summed E-state index contributed by atoms with van der Waals surface area (Å²) in [6, 6.07) is 13.2. The molecule has 7 nitrogen and oxygen atoms in total. The third kappa shape index (κ3) is 5.29. The number of ether oxygens (including phenoxy) is 1. The van der Waals surface area contributed by atoms with E-state index in [2.05, 4.69) is 15.5 Å². The zero-order chi connectivity index (χ0) is 19.2. The summed E-state index contributed by atoms with van der Waals surface area (Å²) in [7, 11) is 0. The summed E-state index contributed by atoms with van der Waals surface area (Å²) in [5.41, 5.74) is 1.10. The Morgan fingerprint density at radius 1 is 1.00 bits per heavy atom. The number of nitrogens with zero attached hydrogens (tertiary/aromatic N) is 2. The highest BCUT2D eigenvalue weighted by atomic mass is 35.5. The smallest absolute Gasteiger partial charge is 0.325 e. The molecule has 1 aromatic heterocycles. The molecule has 1 heterocycles. The van der Waals surface area contributed by atoms with Crippen molar-refractivity contribution in [1.29, 1.82) is 0 Å². The molecule has 138 valence electrons. The minimum atomic E-state index is -0.636. The van der Waals surface area contributed by atoms with Crippen molar-refractivity contribution in [3.8, 4) is 11.4 Å². The van der Waals surface area contributed by atoms with Gasteiger partial charge in [-0.3, -0.25) is 9.59 Å². The number of amides is 1. The van der Waals surface area contributed by atoms with Crippen LogP contribution in [0.5, 0.6) is 0 Å². The molecule has 0 saturated carbocycles. The van der Waals surface area contributed by atoms with Gasteiger partial charge >= 0.3 is 5.97 Å². The lowest BCUT2D eigenvalue weighted by Crippen LogP contribution is -2.30. The summed E-state index contributed by atoms with van der Waals surface area (Å²) in [4.78, 5) is 27.8. The standard InChI is InChI=1S/C18H13Cl2N3O4/c19-13-5-1-11(2-6-13)17-22-15(27-23-17)10-26-16(24)9-21-18(25)12-3-7-14(20)8-4-12/h1-8H,9-10H2,(H,21,25). The molecule has 0 atom stereocenters. The molecule has 2 aromatic carbocycles. The van der Waals surface area contributed by atoms with E-state index < -0.39 is 11.9 Å². The lowest BCUT2D eigenvalue weighted by molar-refractivity contribution is -0.144. The van der Waals surface area contributed by atoms with Gasteiger partial charge in [-0.15, -0.1) is 0 Å². The van der Waals surface area contributed by atoms with Gasteiger partial charge in [0.05, 0.1) is 0 Å². The molecule has 0 aliphatic heterocycles. The van der Waals surface area contributed by atoms with Crippen LogP contribution in [0.15, 0.2) is 53.1 Å². The minimum Gasteiger partial charge on any atom is -0.454 e.